The van der Waals surface area contributed by atoms with Gasteiger partial charge < -0.3 is 20.1 Å². The molecule has 0 aliphatic heterocycles. The Bertz CT molecular complexity index is 1560. The van der Waals surface area contributed by atoms with Crippen molar-refractivity contribution in [3.05, 3.63) is 73.2 Å². The Morgan fingerprint density at radius 2 is 1.86 bits per heavy atom. The fourth-order valence-corrected chi connectivity index (χ4v) is 4.20. The molecule has 1 amide bonds. The topological polar surface area (TPSA) is 117 Å². The second-order valence-electron chi connectivity index (χ2n) is 8.07. The number of carboxylic acids is 1. The van der Waals surface area contributed by atoms with E-state index in [4.69, 9.17) is 9.84 Å². The summed E-state index contributed by atoms with van der Waals surface area (Å²) in [6.07, 6.45) is 5.00. The van der Waals surface area contributed by atoms with Gasteiger partial charge >= 0.3 is 5.97 Å². The van der Waals surface area contributed by atoms with Crippen LogP contribution in [0.15, 0.2) is 73.2 Å². The highest BCUT2D eigenvalue weighted by Crippen LogP contribution is 2.42. The molecular weight excluding hydrogens is 444 g/mol. The Morgan fingerprint density at radius 3 is 2.63 bits per heavy atom. The van der Waals surface area contributed by atoms with Gasteiger partial charge in [0.15, 0.2) is 0 Å². The van der Waals surface area contributed by atoms with Crippen LogP contribution >= 0.6 is 0 Å². The maximum Gasteiger partial charge on any atom is 0.303 e. The first kappa shape index (κ1) is 22.1. The van der Waals surface area contributed by atoms with Gasteiger partial charge in [0.05, 0.1) is 30.9 Å². The Morgan fingerprint density at radius 1 is 1.00 bits per heavy atom. The molecule has 35 heavy (non-hydrogen) atoms. The molecular formula is C27H22N4O4. The number of anilines is 1. The zero-order valence-corrected chi connectivity index (χ0v) is 18.9. The molecule has 2 aromatic carbocycles. The lowest BCUT2D eigenvalue weighted by molar-refractivity contribution is -0.138. The van der Waals surface area contributed by atoms with Crippen molar-refractivity contribution in [2.75, 3.05) is 12.4 Å². The first-order chi connectivity index (χ1) is 17.0. The van der Waals surface area contributed by atoms with Crippen LogP contribution in [0.5, 0.6) is 5.75 Å². The molecule has 3 aromatic heterocycles. The zero-order valence-electron chi connectivity index (χ0n) is 18.9. The lowest BCUT2D eigenvalue weighted by atomic mass is 9.97. The molecule has 0 fully saturated rings. The Hall–Kier alpha value is -4.72. The number of carboxylic acid groups (broad SMARTS) is 1. The number of rotatable bonds is 7. The minimum atomic E-state index is -1.01. The van der Waals surface area contributed by atoms with Gasteiger partial charge in [-0.2, -0.15) is 0 Å². The molecule has 0 radical (unpaired) electrons. The number of benzene rings is 2. The molecule has 174 valence electrons. The molecule has 0 aliphatic rings. The molecule has 3 heterocycles. The summed E-state index contributed by atoms with van der Waals surface area (Å²) in [5.74, 6) is -0.675. The van der Waals surface area contributed by atoms with E-state index >= 15 is 0 Å². The fourth-order valence-electron chi connectivity index (χ4n) is 4.20. The predicted octanol–water partition coefficient (Wildman–Crippen LogP) is 5.26. The van der Waals surface area contributed by atoms with Crippen LogP contribution < -0.4 is 10.1 Å². The average molecular weight is 466 g/mol. The second-order valence-corrected chi connectivity index (χ2v) is 8.07. The fraction of sp³-hybridized carbons (Fsp3) is 0.111. The van der Waals surface area contributed by atoms with Crippen LogP contribution in [0.25, 0.3) is 44.2 Å². The molecule has 5 rings (SSSR count). The number of aliphatic carboxylic acids is 1. The first-order valence-electron chi connectivity index (χ1n) is 11.0. The minimum absolute atomic E-state index is 0.0922. The van der Waals surface area contributed by atoms with Gasteiger partial charge in [-0.3, -0.25) is 19.6 Å². The van der Waals surface area contributed by atoms with Crippen LogP contribution in [-0.2, 0) is 9.59 Å². The smallest absolute Gasteiger partial charge is 0.303 e. The summed E-state index contributed by atoms with van der Waals surface area (Å²) in [6, 6.07) is 17.2. The van der Waals surface area contributed by atoms with E-state index in [1.165, 1.54) is 0 Å². The molecule has 8 nitrogen and oxygen atoms in total. The highest BCUT2D eigenvalue weighted by atomic mass is 16.5. The van der Waals surface area contributed by atoms with Crippen LogP contribution in [-0.4, -0.2) is 39.0 Å². The summed E-state index contributed by atoms with van der Waals surface area (Å²) in [6.45, 7) is 0. The molecule has 3 N–H and O–H groups in total. The van der Waals surface area contributed by atoms with Gasteiger partial charge in [0.1, 0.15) is 5.75 Å². The maximum absolute atomic E-state index is 12.2. The van der Waals surface area contributed by atoms with Crippen molar-refractivity contribution < 1.29 is 19.4 Å². The highest BCUT2D eigenvalue weighted by Gasteiger charge is 2.17. The van der Waals surface area contributed by atoms with E-state index < -0.39 is 5.97 Å². The average Bonchev–Trinajstić information content (AvgIpc) is 3.25. The van der Waals surface area contributed by atoms with E-state index in [-0.39, 0.29) is 18.7 Å². The minimum Gasteiger partial charge on any atom is -0.496 e. The number of methoxy groups -OCH3 is 1. The second kappa shape index (κ2) is 9.26. The number of nitrogens with one attached hydrogen (secondary N) is 2. The molecule has 0 saturated carbocycles. The molecule has 8 heteroatoms. The third kappa shape index (κ3) is 4.41. The number of amides is 1. The molecule has 0 unspecified atom stereocenters. The van der Waals surface area contributed by atoms with Gasteiger partial charge in [0, 0.05) is 51.9 Å². The van der Waals surface area contributed by atoms with Gasteiger partial charge in [-0.05, 0) is 48.0 Å². The number of ether oxygens (including phenoxy) is 1. The van der Waals surface area contributed by atoms with Crippen LogP contribution in [0.3, 0.4) is 0 Å². The summed E-state index contributed by atoms with van der Waals surface area (Å²) in [7, 11) is 1.62. The third-order valence-electron chi connectivity index (χ3n) is 5.79. The van der Waals surface area contributed by atoms with Gasteiger partial charge in [0.25, 0.3) is 0 Å². The number of hydrogen-bond donors (Lipinski definition) is 3. The Kier molecular flexibility index (Phi) is 5.85. The van der Waals surface area contributed by atoms with Crippen molar-refractivity contribution in [2.45, 2.75) is 12.8 Å². The number of fused-ring (bicyclic) bond motifs is 3. The largest absolute Gasteiger partial charge is 0.496 e. The molecule has 0 atom stereocenters. The Balaban J connectivity index is 1.64. The van der Waals surface area contributed by atoms with Crippen molar-refractivity contribution in [3.8, 4) is 28.1 Å². The summed E-state index contributed by atoms with van der Waals surface area (Å²) < 4.78 is 5.73. The van der Waals surface area contributed by atoms with E-state index in [2.05, 4.69) is 20.3 Å². The number of aromatic amines is 1. The van der Waals surface area contributed by atoms with Crippen molar-refractivity contribution in [3.63, 3.8) is 0 Å². The molecule has 0 saturated heterocycles. The van der Waals surface area contributed by atoms with E-state index in [0.29, 0.717) is 11.4 Å². The predicted molar refractivity (Wildman–Crippen MR) is 134 cm³/mol. The molecule has 0 bridgehead atoms. The van der Waals surface area contributed by atoms with E-state index in [1.807, 2.05) is 54.7 Å². The number of nitrogens with zero attached hydrogens (tertiary/aromatic N) is 2. The van der Waals surface area contributed by atoms with Crippen LogP contribution in [0.2, 0.25) is 0 Å². The van der Waals surface area contributed by atoms with Crippen molar-refractivity contribution in [2.24, 2.45) is 0 Å². The third-order valence-corrected chi connectivity index (χ3v) is 5.79. The SMILES string of the molecule is COc1ccc2[nH]c3cnc(-c4cccnc4)cc3c2c1-c1cccc(NC(=O)CCC(=O)O)c1. The number of pyridine rings is 2. The highest BCUT2D eigenvalue weighted by molar-refractivity contribution is 6.16. The van der Waals surface area contributed by atoms with E-state index in [0.717, 1.165) is 44.2 Å². The molecule has 0 aliphatic carbocycles. The molecule has 5 aromatic rings. The first-order valence-corrected chi connectivity index (χ1v) is 11.0. The molecule has 0 spiro atoms. The quantitative estimate of drug-likeness (QED) is 0.301. The lowest BCUT2D eigenvalue weighted by Gasteiger charge is -2.13. The Labute approximate surface area is 200 Å². The number of carbonyl (C=O) groups is 2. The summed E-state index contributed by atoms with van der Waals surface area (Å²) >= 11 is 0. The van der Waals surface area contributed by atoms with Crippen molar-refractivity contribution in [1.29, 1.82) is 0 Å². The monoisotopic (exact) mass is 466 g/mol. The van der Waals surface area contributed by atoms with Crippen LogP contribution in [0, 0.1) is 0 Å². The number of aromatic nitrogens is 3. The lowest BCUT2D eigenvalue weighted by Crippen LogP contribution is -2.13. The normalized spacial score (nSPS) is 11.0. The van der Waals surface area contributed by atoms with Crippen molar-refractivity contribution in [1.82, 2.24) is 15.0 Å². The van der Waals surface area contributed by atoms with Gasteiger partial charge in [-0.25, -0.2) is 0 Å². The van der Waals surface area contributed by atoms with Crippen LogP contribution in [0.4, 0.5) is 5.69 Å². The zero-order chi connectivity index (χ0) is 24.4. The standard InChI is InChI=1S/C27H22N4O4/c1-35-23-8-7-20-27(19-13-21(29-15-22(19)31-20)17-5-3-11-28-14-17)26(23)16-4-2-6-18(12-16)30-24(32)9-10-25(33)34/h2-8,11-15,31H,9-10H2,1H3,(H,30,32)(H,33,34). The summed E-state index contributed by atoms with van der Waals surface area (Å²) in [4.78, 5) is 35.2. The van der Waals surface area contributed by atoms with E-state index in [9.17, 15) is 9.59 Å². The number of hydrogen-bond acceptors (Lipinski definition) is 5. The van der Waals surface area contributed by atoms with Crippen LogP contribution in [0.1, 0.15) is 12.8 Å². The summed E-state index contributed by atoms with van der Waals surface area (Å²) in [5.41, 5.74) is 5.84. The van der Waals surface area contributed by atoms with Gasteiger partial charge in [-0.15, -0.1) is 0 Å². The maximum atomic E-state index is 12.2. The van der Waals surface area contributed by atoms with E-state index in [1.54, 1.807) is 25.6 Å². The van der Waals surface area contributed by atoms with Gasteiger partial charge in [0.2, 0.25) is 5.91 Å². The van der Waals surface area contributed by atoms with Crippen molar-refractivity contribution >= 4 is 39.4 Å². The summed E-state index contributed by atoms with van der Waals surface area (Å²) in [5, 5.41) is 13.6. The van der Waals surface area contributed by atoms with Gasteiger partial charge in [-0.1, -0.05) is 12.1 Å². The number of H-pyrrole nitrogens is 1. The number of carbonyl (C=O) groups excluding carboxylic acids is 1.